The Morgan fingerprint density at radius 3 is 2.93 bits per heavy atom. The number of imidazole rings is 1. The fraction of sp³-hybridized carbons (Fsp3) is 0.429. The van der Waals surface area contributed by atoms with E-state index in [0.29, 0.717) is 6.54 Å². The van der Waals surface area contributed by atoms with Crippen LogP contribution in [0.1, 0.15) is 6.92 Å². The number of aryl methyl sites for hydroxylation is 1. The maximum atomic E-state index is 11.4. The zero-order valence-electron chi connectivity index (χ0n) is 7.64. The van der Waals surface area contributed by atoms with Crippen molar-refractivity contribution in [2.45, 2.75) is 18.5 Å². The van der Waals surface area contributed by atoms with Crippen molar-refractivity contribution in [2.75, 3.05) is 6.54 Å². The van der Waals surface area contributed by atoms with Gasteiger partial charge in [0.2, 0.25) is 0 Å². The molecule has 6 nitrogen and oxygen atoms in total. The minimum atomic E-state index is -3.62. The summed E-state index contributed by atoms with van der Waals surface area (Å²) in [7, 11) is -3.62. The SMILES string of the molecule is CCn1cnc(S(=O)(=O)NCC#N)c1. The van der Waals surface area contributed by atoms with Crippen molar-refractivity contribution in [3.8, 4) is 6.07 Å². The lowest BCUT2D eigenvalue weighted by Gasteiger charge is -1.97. The van der Waals surface area contributed by atoms with Gasteiger partial charge in [0.1, 0.15) is 0 Å². The first-order chi connectivity index (χ1) is 6.60. The van der Waals surface area contributed by atoms with Crippen LogP contribution < -0.4 is 4.72 Å². The van der Waals surface area contributed by atoms with Crippen LogP contribution in [0, 0.1) is 11.3 Å². The molecule has 1 N–H and O–H groups in total. The van der Waals surface area contributed by atoms with Crippen molar-refractivity contribution in [1.29, 1.82) is 5.26 Å². The molecule has 0 spiro atoms. The molecule has 0 atom stereocenters. The van der Waals surface area contributed by atoms with Gasteiger partial charge < -0.3 is 4.57 Å². The van der Waals surface area contributed by atoms with Crippen molar-refractivity contribution in [3.63, 3.8) is 0 Å². The van der Waals surface area contributed by atoms with Crippen molar-refractivity contribution < 1.29 is 8.42 Å². The Kier molecular flexibility index (Phi) is 3.22. The first-order valence-electron chi connectivity index (χ1n) is 3.98. The lowest BCUT2D eigenvalue weighted by Crippen LogP contribution is -2.24. The normalized spacial score (nSPS) is 11.1. The highest BCUT2D eigenvalue weighted by molar-refractivity contribution is 7.89. The number of aromatic nitrogens is 2. The van der Waals surface area contributed by atoms with E-state index in [2.05, 4.69) is 9.71 Å². The van der Waals surface area contributed by atoms with E-state index in [1.54, 1.807) is 10.6 Å². The zero-order chi connectivity index (χ0) is 10.6. The van der Waals surface area contributed by atoms with Gasteiger partial charge in [-0.3, -0.25) is 0 Å². The molecule has 0 amide bonds. The molecule has 0 fully saturated rings. The number of hydrogen-bond donors (Lipinski definition) is 1. The molecule has 1 rings (SSSR count). The number of hydrogen-bond acceptors (Lipinski definition) is 4. The van der Waals surface area contributed by atoms with Gasteiger partial charge in [-0.05, 0) is 6.92 Å². The quantitative estimate of drug-likeness (QED) is 0.697. The average molecular weight is 214 g/mol. The summed E-state index contributed by atoms with van der Waals surface area (Å²) in [6.07, 6.45) is 2.85. The molecule has 0 aliphatic heterocycles. The number of sulfonamides is 1. The highest BCUT2D eigenvalue weighted by Crippen LogP contribution is 2.03. The summed E-state index contributed by atoms with van der Waals surface area (Å²) in [5.74, 6) is 0. The fourth-order valence-corrected chi connectivity index (χ4v) is 1.72. The molecule has 0 aromatic carbocycles. The number of rotatable bonds is 4. The van der Waals surface area contributed by atoms with Gasteiger partial charge in [0.05, 0.1) is 18.9 Å². The molecule has 0 aliphatic carbocycles. The molecular weight excluding hydrogens is 204 g/mol. The monoisotopic (exact) mass is 214 g/mol. The fourth-order valence-electron chi connectivity index (χ4n) is 0.853. The van der Waals surface area contributed by atoms with E-state index < -0.39 is 10.0 Å². The van der Waals surface area contributed by atoms with Crippen molar-refractivity contribution in [3.05, 3.63) is 12.5 Å². The summed E-state index contributed by atoms with van der Waals surface area (Å²) in [5, 5.41) is 8.16. The van der Waals surface area contributed by atoms with Gasteiger partial charge >= 0.3 is 0 Å². The Balaban J connectivity index is 2.88. The van der Waals surface area contributed by atoms with Crippen LogP contribution in [-0.4, -0.2) is 24.5 Å². The van der Waals surface area contributed by atoms with Crippen LogP contribution in [0.3, 0.4) is 0 Å². The maximum absolute atomic E-state index is 11.4. The average Bonchev–Trinajstić information content (AvgIpc) is 2.63. The topological polar surface area (TPSA) is 87.8 Å². The summed E-state index contributed by atoms with van der Waals surface area (Å²) in [4.78, 5) is 3.71. The molecule has 1 aromatic heterocycles. The Morgan fingerprint density at radius 1 is 1.71 bits per heavy atom. The Labute approximate surface area is 82.2 Å². The van der Waals surface area contributed by atoms with E-state index in [1.165, 1.54) is 12.5 Å². The first kappa shape index (κ1) is 10.7. The standard InChI is InChI=1S/C7H10N4O2S/c1-2-11-5-7(9-6-11)14(12,13)10-4-3-8/h5-6,10H,2,4H2,1H3. The van der Waals surface area contributed by atoms with Crippen LogP contribution in [-0.2, 0) is 16.6 Å². The zero-order valence-corrected chi connectivity index (χ0v) is 8.45. The minimum Gasteiger partial charge on any atom is -0.336 e. The minimum absolute atomic E-state index is 0.0606. The lowest BCUT2D eigenvalue weighted by atomic mass is 10.7. The summed E-state index contributed by atoms with van der Waals surface area (Å²) >= 11 is 0. The molecule has 76 valence electrons. The van der Waals surface area contributed by atoms with Crippen LogP contribution in [0.5, 0.6) is 0 Å². The lowest BCUT2D eigenvalue weighted by molar-refractivity contribution is 0.582. The van der Waals surface area contributed by atoms with Crippen LogP contribution in [0.25, 0.3) is 0 Å². The largest absolute Gasteiger partial charge is 0.336 e. The van der Waals surface area contributed by atoms with Crippen LogP contribution in [0.4, 0.5) is 0 Å². The molecule has 1 aromatic rings. The summed E-state index contributed by atoms with van der Waals surface area (Å²) < 4.78 is 26.5. The van der Waals surface area contributed by atoms with E-state index in [4.69, 9.17) is 5.26 Å². The summed E-state index contributed by atoms with van der Waals surface area (Å²) in [5.41, 5.74) is 0. The van der Waals surface area contributed by atoms with Crippen molar-refractivity contribution in [2.24, 2.45) is 0 Å². The highest BCUT2D eigenvalue weighted by atomic mass is 32.2. The molecule has 0 aliphatic rings. The Morgan fingerprint density at radius 2 is 2.43 bits per heavy atom. The van der Waals surface area contributed by atoms with Crippen LogP contribution in [0.2, 0.25) is 0 Å². The first-order valence-corrected chi connectivity index (χ1v) is 5.47. The molecule has 1 heterocycles. The van der Waals surface area contributed by atoms with E-state index >= 15 is 0 Å². The number of nitrogens with zero attached hydrogens (tertiary/aromatic N) is 3. The predicted octanol–water partition coefficient (Wildman–Crippen LogP) is -0.295. The van der Waals surface area contributed by atoms with Crippen molar-refractivity contribution in [1.82, 2.24) is 14.3 Å². The molecule has 0 saturated heterocycles. The van der Waals surface area contributed by atoms with Gasteiger partial charge in [0, 0.05) is 12.7 Å². The molecule has 0 bridgehead atoms. The highest BCUT2D eigenvalue weighted by Gasteiger charge is 2.15. The van der Waals surface area contributed by atoms with Gasteiger partial charge in [0.15, 0.2) is 5.03 Å². The maximum Gasteiger partial charge on any atom is 0.260 e. The number of nitrogens with one attached hydrogen (secondary N) is 1. The van der Waals surface area contributed by atoms with E-state index in [-0.39, 0.29) is 11.6 Å². The van der Waals surface area contributed by atoms with Gasteiger partial charge in [-0.2, -0.15) is 9.98 Å². The Bertz CT molecular complexity index is 443. The van der Waals surface area contributed by atoms with Crippen molar-refractivity contribution >= 4 is 10.0 Å². The van der Waals surface area contributed by atoms with Crippen LogP contribution >= 0.6 is 0 Å². The smallest absolute Gasteiger partial charge is 0.260 e. The third kappa shape index (κ3) is 2.31. The van der Waals surface area contributed by atoms with Gasteiger partial charge in [-0.25, -0.2) is 13.4 Å². The number of nitriles is 1. The van der Waals surface area contributed by atoms with Gasteiger partial charge in [-0.15, -0.1) is 0 Å². The summed E-state index contributed by atoms with van der Waals surface area (Å²) in [6, 6.07) is 1.69. The predicted molar refractivity (Wildman–Crippen MR) is 48.7 cm³/mol. The van der Waals surface area contributed by atoms with Crippen LogP contribution in [0.15, 0.2) is 17.6 Å². The van der Waals surface area contributed by atoms with E-state index in [1.807, 2.05) is 6.92 Å². The molecule has 0 saturated carbocycles. The molecular formula is C7H10N4O2S. The van der Waals surface area contributed by atoms with E-state index in [9.17, 15) is 8.42 Å². The molecule has 0 radical (unpaired) electrons. The molecule has 0 unspecified atom stereocenters. The van der Waals surface area contributed by atoms with E-state index in [0.717, 1.165) is 0 Å². The summed E-state index contributed by atoms with van der Waals surface area (Å²) in [6.45, 7) is 2.28. The second-order valence-corrected chi connectivity index (χ2v) is 4.24. The third-order valence-corrected chi connectivity index (χ3v) is 2.88. The van der Waals surface area contributed by atoms with Gasteiger partial charge in [0.25, 0.3) is 10.0 Å². The molecule has 14 heavy (non-hydrogen) atoms. The second kappa shape index (κ2) is 4.21. The Hall–Kier alpha value is -1.39. The second-order valence-electron chi connectivity index (χ2n) is 2.53. The third-order valence-electron chi connectivity index (χ3n) is 1.59. The van der Waals surface area contributed by atoms with Gasteiger partial charge in [-0.1, -0.05) is 0 Å². The molecule has 7 heteroatoms.